The predicted octanol–water partition coefficient (Wildman–Crippen LogP) is 14.0. The molecule has 2 heterocycles. The Balaban J connectivity index is 1.73. The van der Waals surface area contributed by atoms with Crippen molar-refractivity contribution in [1.29, 1.82) is 0 Å². The second-order valence-electron chi connectivity index (χ2n) is 18.9. The second-order valence-corrected chi connectivity index (χ2v) is 18.9. The van der Waals surface area contributed by atoms with Crippen LogP contribution in [0.4, 0.5) is 34.1 Å². The van der Waals surface area contributed by atoms with Crippen molar-refractivity contribution in [3.63, 3.8) is 0 Å². The van der Waals surface area contributed by atoms with Gasteiger partial charge in [-0.1, -0.05) is 164 Å². The van der Waals surface area contributed by atoms with E-state index in [0.717, 1.165) is 30.9 Å². The van der Waals surface area contributed by atoms with Crippen LogP contribution in [0.1, 0.15) is 173 Å². The van der Waals surface area contributed by atoms with Gasteiger partial charge < -0.3 is 14.5 Å². The molecule has 2 aliphatic heterocycles. The van der Waals surface area contributed by atoms with Crippen LogP contribution in [-0.2, 0) is 27.1 Å². The Hall–Kier alpha value is -5.22. The molecule has 8 rings (SSSR count). The minimum atomic E-state index is -4.19. The highest BCUT2D eigenvalue weighted by Gasteiger charge is 2.43. The lowest BCUT2D eigenvalue weighted by Gasteiger charge is -2.42. The number of ether oxygens (including phenoxy) is 1. The Labute approximate surface area is 404 Å². The molecular weight excluding hydrogens is 727 g/mol. The third-order valence-electron chi connectivity index (χ3n) is 10.3. The summed E-state index contributed by atoms with van der Waals surface area (Å²) in [6, 6.07) is -14.3. The lowest BCUT2D eigenvalue weighted by Crippen LogP contribution is -2.60. The molecule has 0 atom stereocenters. The number of hydrogen-bond donors (Lipinski definition) is 0. The lowest BCUT2D eigenvalue weighted by atomic mass is 9.33. The van der Waals surface area contributed by atoms with E-state index in [1.807, 2.05) is 0 Å². The predicted molar refractivity (Wildman–Crippen MR) is 260 cm³/mol. The van der Waals surface area contributed by atoms with Crippen molar-refractivity contribution in [3.05, 3.63) is 149 Å². The van der Waals surface area contributed by atoms with Gasteiger partial charge in [0.1, 0.15) is 11.5 Å². The fraction of sp³-hybridized carbons (Fsp3) is 0.357. The molecule has 0 fully saturated rings. The molecule has 0 aromatic heterocycles. The van der Waals surface area contributed by atoms with Crippen molar-refractivity contribution in [2.24, 2.45) is 0 Å². The van der Waals surface area contributed by atoms with Crippen LogP contribution in [-0.4, -0.2) is 6.71 Å². The van der Waals surface area contributed by atoms with Gasteiger partial charge in [0, 0.05) is 51.0 Å². The van der Waals surface area contributed by atoms with E-state index in [1.54, 1.807) is 62.3 Å². The van der Waals surface area contributed by atoms with Gasteiger partial charge in [-0.05, 0) is 126 Å². The van der Waals surface area contributed by atoms with Gasteiger partial charge in [0.15, 0.2) is 0 Å². The van der Waals surface area contributed by atoms with E-state index in [4.69, 9.17) is 21.2 Å². The molecule has 0 unspecified atom stereocenters. The van der Waals surface area contributed by atoms with Gasteiger partial charge in [0.05, 0.1) is 30.4 Å². The molecule has 0 aliphatic carbocycles. The minimum Gasteiger partial charge on any atom is -0.458 e. The molecule has 0 radical (unpaired) electrons. The summed E-state index contributed by atoms with van der Waals surface area (Å²) in [6.07, 6.45) is 0. The third-order valence-corrected chi connectivity index (χ3v) is 10.3. The fourth-order valence-electron chi connectivity index (χ4n) is 6.92. The molecule has 6 aromatic rings. The largest absolute Gasteiger partial charge is 0.458 e. The van der Waals surface area contributed by atoms with Crippen molar-refractivity contribution in [2.75, 3.05) is 9.80 Å². The van der Waals surface area contributed by atoms with E-state index in [1.165, 1.54) is 0 Å². The maximum Gasteiger partial charge on any atom is 0.256 e. The molecular formula is C56H65BN2O. The molecule has 60 heavy (non-hydrogen) atoms. The zero-order valence-corrected chi connectivity index (χ0v) is 35.5. The quantitative estimate of drug-likeness (QED) is 0.165. The molecule has 0 saturated heterocycles. The van der Waals surface area contributed by atoms with Gasteiger partial charge in [-0.25, -0.2) is 0 Å². The summed E-state index contributed by atoms with van der Waals surface area (Å²) in [5.74, 6) is -0.976. The highest BCUT2D eigenvalue weighted by Crippen LogP contribution is 2.47. The summed E-state index contributed by atoms with van der Waals surface area (Å²) in [4.78, 5) is 1.57. The average molecular weight is 823 g/mol. The first-order valence-electron chi connectivity index (χ1n) is 34.5. The summed E-state index contributed by atoms with van der Waals surface area (Å²) in [5.41, 5.74) is -16.9. The van der Waals surface area contributed by atoms with Gasteiger partial charge >= 0.3 is 0 Å². The molecule has 2 aliphatic rings. The number of nitrogens with zero attached hydrogens (tertiary/aromatic N) is 2. The van der Waals surface area contributed by atoms with Gasteiger partial charge in [0.25, 0.3) is 6.71 Å². The van der Waals surface area contributed by atoms with Crippen molar-refractivity contribution in [1.82, 2.24) is 0 Å². The smallest absolute Gasteiger partial charge is 0.256 e. The van der Waals surface area contributed by atoms with E-state index < -0.39 is 221 Å². The van der Waals surface area contributed by atoms with Crippen LogP contribution in [0.5, 0.6) is 11.5 Å². The molecule has 0 N–H and O–H groups in total. The first-order valence-corrected chi connectivity index (χ1v) is 19.5. The van der Waals surface area contributed by atoms with Gasteiger partial charge in [-0.15, -0.1) is 0 Å². The number of benzene rings is 6. The van der Waals surface area contributed by atoms with E-state index in [2.05, 4.69) is 0 Å². The Kier molecular flexibility index (Phi) is 4.45. The van der Waals surface area contributed by atoms with E-state index in [9.17, 15) is 24.7 Å². The number of hydrogen-bond acceptors (Lipinski definition) is 3. The first-order chi connectivity index (χ1) is 40.5. The Morgan fingerprint density at radius 1 is 0.467 bits per heavy atom. The van der Waals surface area contributed by atoms with Crippen molar-refractivity contribution < 1.29 is 45.9 Å². The average Bonchev–Trinajstić information content (AvgIpc) is 0.690. The molecule has 0 amide bonds. The van der Waals surface area contributed by atoms with Crippen molar-refractivity contribution in [3.8, 4) is 11.5 Å². The highest BCUT2D eigenvalue weighted by atomic mass is 16.5. The SMILES string of the molecule is [2H]c1c([2H])c(C(C)(C)C)c([2H])c2c1Oc1cc(N(c3c([2H])c([2H])c(C(C)(C)C([2H])([2H])[2H])c([2H])c3[2H])c3c([2H])c([2H])c(C(C([2H])([2H])[2H])(C([2H])([2H])[2H])C([2H])([2H])[2H])c([2H])c3[2H])cc3c1B2c1c([2H])c(C(C)(C)C)c([2H])c([2H])c1N3c1c([2H])c([2H])c(C(C)(C)C)c([2H])c1[2H]. The van der Waals surface area contributed by atoms with Gasteiger partial charge in [0.2, 0.25) is 0 Å². The van der Waals surface area contributed by atoms with Crippen LogP contribution >= 0.6 is 0 Å². The molecule has 6 aromatic carbocycles. The van der Waals surface area contributed by atoms with E-state index >= 15 is 0 Å². The Morgan fingerprint density at radius 2 is 0.933 bits per heavy atom. The van der Waals surface area contributed by atoms with Crippen molar-refractivity contribution in [2.45, 2.75) is 131 Å². The van der Waals surface area contributed by atoms with E-state index in [0.29, 0.717) is 4.90 Å². The highest BCUT2D eigenvalue weighted by molar-refractivity contribution is 6.99. The molecule has 0 saturated carbocycles. The van der Waals surface area contributed by atoms with Crippen molar-refractivity contribution >= 4 is 57.2 Å². The van der Waals surface area contributed by atoms with Crippen LogP contribution in [0, 0.1) is 0 Å². The molecule has 0 bridgehead atoms. The standard InChI is InChI=1S/C56H65BN2O/c1-52(2,3)36-16-24-41(25-17-36)58(42-26-18-37(19-27-42)53(4,5)6)44-34-48-51-50(35-44)60-49-31-23-40(56(13,14)15)33-46(49)57(51)45-32-39(55(10,11)12)22-30-47(45)59(48)43-28-20-38(21-29-43)54(7,8)9/h16-35H,1-15H3/i1D3,2D3,3D3,4D3,16D,17D,18D,19D,20D,21D,22D,23D,24D,25D,26D,27D,28D,29D,30D,31D,32D,33D. The third kappa shape index (κ3) is 7.57. The second kappa shape index (κ2) is 14.2. The fourth-order valence-corrected chi connectivity index (χ4v) is 6.92. The summed E-state index contributed by atoms with van der Waals surface area (Å²) >= 11 is 0. The number of fused-ring (bicyclic) bond motifs is 4. The minimum absolute atomic E-state index is 0.0137. The molecule has 4 heteroatoms. The summed E-state index contributed by atoms with van der Waals surface area (Å²) in [7, 11) is 0. The normalized spacial score (nSPS) is 22.0. The van der Waals surface area contributed by atoms with Crippen LogP contribution in [0.25, 0.3) is 0 Å². The van der Waals surface area contributed by atoms with Crippen LogP contribution < -0.4 is 30.9 Å². The van der Waals surface area contributed by atoms with Crippen LogP contribution in [0.15, 0.2) is 121 Å². The van der Waals surface area contributed by atoms with Gasteiger partial charge in [-0.3, -0.25) is 0 Å². The maximum atomic E-state index is 10.2. The Bertz CT molecular complexity index is 3960. The number of anilines is 6. The van der Waals surface area contributed by atoms with E-state index in [-0.39, 0.29) is 39.1 Å². The zero-order chi connectivity index (χ0) is 69.0. The topological polar surface area (TPSA) is 15.7 Å². The Morgan fingerprint density at radius 3 is 1.47 bits per heavy atom. The summed E-state index contributed by atoms with van der Waals surface area (Å²) in [6.45, 7) is 0.0965. The van der Waals surface area contributed by atoms with Gasteiger partial charge in [-0.2, -0.15) is 0 Å². The molecule has 0 spiro atoms. The number of rotatable bonds is 4. The van der Waals surface area contributed by atoms with Crippen LogP contribution in [0.3, 0.4) is 0 Å². The van der Waals surface area contributed by atoms with Crippen LogP contribution in [0.2, 0.25) is 0 Å². The zero-order valence-electron chi connectivity index (χ0n) is 65.5. The summed E-state index contributed by atoms with van der Waals surface area (Å²) in [5, 5.41) is 0. The monoisotopic (exact) mass is 823 g/mol. The maximum absolute atomic E-state index is 10.2. The summed E-state index contributed by atoms with van der Waals surface area (Å²) < 4.78 is 283. The molecule has 3 nitrogen and oxygen atoms in total. The lowest BCUT2D eigenvalue weighted by molar-refractivity contribution is 0.486. The molecule has 308 valence electrons. The first kappa shape index (κ1) is 18.8.